The Hall–Kier alpha value is -1.35. The minimum absolute atomic E-state index is 0.220. The SMILES string of the molecule is CCCCC[NH+](C)C.O=C([O-])c1ccccc1. The summed E-state index contributed by atoms with van der Waals surface area (Å²) in [6.07, 6.45) is 4.12. The summed E-state index contributed by atoms with van der Waals surface area (Å²) < 4.78 is 0. The molecule has 0 heterocycles. The molecule has 0 bridgehead atoms. The number of carbonyl (C=O) groups excluding carboxylic acids is 1. The maximum Gasteiger partial charge on any atom is 0.0766 e. The van der Waals surface area contributed by atoms with Crippen molar-refractivity contribution in [2.24, 2.45) is 0 Å². The zero-order chi connectivity index (χ0) is 13.1. The third-order valence-corrected chi connectivity index (χ3v) is 2.29. The molecular formula is C14H23NO2. The van der Waals surface area contributed by atoms with Gasteiger partial charge in [0.25, 0.3) is 0 Å². The van der Waals surface area contributed by atoms with Crippen LogP contribution >= 0.6 is 0 Å². The topological polar surface area (TPSA) is 44.6 Å². The number of carbonyl (C=O) groups is 1. The number of carboxylic acid groups (broad SMARTS) is 1. The molecule has 0 fully saturated rings. The molecular weight excluding hydrogens is 214 g/mol. The molecule has 3 nitrogen and oxygen atoms in total. The van der Waals surface area contributed by atoms with Gasteiger partial charge in [-0.25, -0.2) is 0 Å². The fourth-order valence-electron chi connectivity index (χ4n) is 1.30. The van der Waals surface area contributed by atoms with Gasteiger partial charge in [0.15, 0.2) is 0 Å². The maximum absolute atomic E-state index is 10.1. The lowest BCUT2D eigenvalue weighted by Gasteiger charge is -2.04. The highest BCUT2D eigenvalue weighted by molar-refractivity contribution is 5.85. The first-order valence-corrected chi connectivity index (χ1v) is 6.13. The molecule has 0 saturated carbocycles. The molecule has 0 spiro atoms. The number of quaternary nitrogens is 1. The van der Waals surface area contributed by atoms with Crippen molar-refractivity contribution < 1.29 is 14.8 Å². The van der Waals surface area contributed by atoms with Gasteiger partial charge in [-0.1, -0.05) is 43.7 Å². The first-order valence-electron chi connectivity index (χ1n) is 6.13. The highest BCUT2D eigenvalue weighted by atomic mass is 16.4. The predicted molar refractivity (Wildman–Crippen MR) is 68.0 cm³/mol. The number of aromatic carboxylic acids is 1. The summed E-state index contributed by atoms with van der Waals surface area (Å²) in [6.45, 7) is 3.57. The lowest BCUT2D eigenvalue weighted by molar-refractivity contribution is -0.858. The van der Waals surface area contributed by atoms with Crippen LogP contribution in [-0.2, 0) is 0 Å². The summed E-state index contributed by atoms with van der Waals surface area (Å²) >= 11 is 0. The molecule has 1 aromatic rings. The maximum atomic E-state index is 10.1. The Labute approximate surface area is 104 Å². The number of hydrogen-bond donors (Lipinski definition) is 1. The Balaban J connectivity index is 0.000000304. The van der Waals surface area contributed by atoms with Crippen molar-refractivity contribution >= 4 is 5.97 Å². The molecule has 0 unspecified atom stereocenters. The quantitative estimate of drug-likeness (QED) is 0.752. The second-order valence-electron chi connectivity index (χ2n) is 4.32. The molecule has 0 saturated heterocycles. The lowest BCUT2D eigenvalue weighted by Crippen LogP contribution is -3.05. The summed E-state index contributed by atoms with van der Waals surface area (Å²) in [5, 5.41) is 10.1. The smallest absolute Gasteiger partial charge is 0.0766 e. The second-order valence-corrected chi connectivity index (χ2v) is 4.32. The Morgan fingerprint density at radius 2 is 1.76 bits per heavy atom. The van der Waals surface area contributed by atoms with Crippen molar-refractivity contribution in [2.45, 2.75) is 26.2 Å². The Morgan fingerprint density at radius 1 is 1.18 bits per heavy atom. The van der Waals surface area contributed by atoms with E-state index in [1.165, 1.54) is 37.9 Å². The first kappa shape index (κ1) is 15.7. The minimum atomic E-state index is -1.13. The van der Waals surface area contributed by atoms with E-state index in [9.17, 15) is 9.90 Å². The average Bonchev–Trinajstić information content (AvgIpc) is 2.31. The van der Waals surface area contributed by atoms with Crippen LogP contribution in [0.3, 0.4) is 0 Å². The molecule has 96 valence electrons. The monoisotopic (exact) mass is 237 g/mol. The number of hydrogen-bond acceptors (Lipinski definition) is 2. The van der Waals surface area contributed by atoms with Gasteiger partial charge in [-0.15, -0.1) is 0 Å². The minimum Gasteiger partial charge on any atom is -0.545 e. The number of carboxylic acids is 1. The molecule has 0 atom stereocenters. The average molecular weight is 237 g/mol. The van der Waals surface area contributed by atoms with Crippen molar-refractivity contribution in [3.63, 3.8) is 0 Å². The van der Waals surface area contributed by atoms with E-state index in [1.54, 1.807) is 23.1 Å². The third kappa shape index (κ3) is 9.57. The van der Waals surface area contributed by atoms with Gasteiger partial charge in [-0.05, 0) is 18.4 Å². The van der Waals surface area contributed by atoms with E-state index in [4.69, 9.17) is 0 Å². The van der Waals surface area contributed by atoms with Crippen LogP contribution in [0, 0.1) is 0 Å². The molecule has 1 N–H and O–H groups in total. The fourth-order valence-corrected chi connectivity index (χ4v) is 1.30. The summed E-state index contributed by atoms with van der Waals surface area (Å²) in [5.74, 6) is -1.13. The van der Waals surface area contributed by atoms with Crippen molar-refractivity contribution in [3.8, 4) is 0 Å². The number of nitrogens with one attached hydrogen (secondary N) is 1. The summed E-state index contributed by atoms with van der Waals surface area (Å²) in [4.78, 5) is 11.7. The molecule has 0 amide bonds. The van der Waals surface area contributed by atoms with Crippen LogP contribution in [0.4, 0.5) is 0 Å². The van der Waals surface area contributed by atoms with E-state index in [0.29, 0.717) is 0 Å². The third-order valence-electron chi connectivity index (χ3n) is 2.29. The molecule has 0 aliphatic rings. The normalized spacial score (nSPS) is 9.65. The Morgan fingerprint density at radius 3 is 2.12 bits per heavy atom. The molecule has 0 aliphatic carbocycles. The van der Waals surface area contributed by atoms with Gasteiger partial charge >= 0.3 is 0 Å². The van der Waals surface area contributed by atoms with Crippen molar-refractivity contribution in [2.75, 3.05) is 20.6 Å². The van der Waals surface area contributed by atoms with Gasteiger partial charge in [0.2, 0.25) is 0 Å². The molecule has 3 heteroatoms. The highest BCUT2D eigenvalue weighted by Gasteiger charge is 1.89. The highest BCUT2D eigenvalue weighted by Crippen LogP contribution is 1.94. The van der Waals surface area contributed by atoms with E-state index in [-0.39, 0.29) is 5.56 Å². The number of benzene rings is 1. The molecule has 0 aliphatic heterocycles. The zero-order valence-electron chi connectivity index (χ0n) is 11.0. The Kier molecular flexibility index (Phi) is 9.06. The lowest BCUT2D eigenvalue weighted by atomic mass is 10.2. The van der Waals surface area contributed by atoms with E-state index < -0.39 is 5.97 Å². The zero-order valence-corrected chi connectivity index (χ0v) is 11.0. The summed E-state index contributed by atoms with van der Waals surface area (Å²) in [6, 6.07) is 8.06. The van der Waals surface area contributed by atoms with E-state index in [0.717, 1.165) is 0 Å². The van der Waals surface area contributed by atoms with Crippen LogP contribution in [0.1, 0.15) is 36.5 Å². The number of rotatable bonds is 5. The van der Waals surface area contributed by atoms with Gasteiger partial charge in [0.1, 0.15) is 0 Å². The predicted octanol–water partition coefficient (Wildman–Crippen LogP) is 0.371. The fraction of sp³-hybridized carbons (Fsp3) is 0.500. The van der Waals surface area contributed by atoms with E-state index >= 15 is 0 Å². The largest absolute Gasteiger partial charge is 0.545 e. The van der Waals surface area contributed by atoms with Gasteiger partial charge in [-0.3, -0.25) is 0 Å². The van der Waals surface area contributed by atoms with E-state index in [1.807, 2.05) is 0 Å². The van der Waals surface area contributed by atoms with Crippen molar-refractivity contribution in [3.05, 3.63) is 35.9 Å². The first-order chi connectivity index (χ1) is 8.07. The Bertz CT molecular complexity index is 296. The second kappa shape index (κ2) is 9.85. The molecule has 0 radical (unpaired) electrons. The van der Waals surface area contributed by atoms with Crippen LogP contribution in [0.15, 0.2) is 30.3 Å². The van der Waals surface area contributed by atoms with Crippen LogP contribution in [0.2, 0.25) is 0 Å². The summed E-state index contributed by atoms with van der Waals surface area (Å²) in [7, 11) is 4.41. The van der Waals surface area contributed by atoms with Crippen LogP contribution in [0.5, 0.6) is 0 Å². The van der Waals surface area contributed by atoms with Gasteiger partial charge in [-0.2, -0.15) is 0 Å². The van der Waals surface area contributed by atoms with Crippen LogP contribution in [-0.4, -0.2) is 26.6 Å². The number of unbranched alkanes of at least 4 members (excludes halogenated alkanes) is 2. The van der Waals surface area contributed by atoms with Crippen molar-refractivity contribution in [1.29, 1.82) is 0 Å². The standard InChI is InChI=1S/C7H17N.C7H6O2/c1-4-5-6-7-8(2)3;8-7(9)6-4-2-1-3-5-6/h4-7H2,1-3H3;1-5H,(H,8,9). The van der Waals surface area contributed by atoms with Crippen LogP contribution < -0.4 is 10.0 Å². The molecule has 1 rings (SSSR count). The molecule has 1 aromatic carbocycles. The summed E-state index contributed by atoms with van der Waals surface area (Å²) in [5.41, 5.74) is 0.220. The molecule has 17 heavy (non-hydrogen) atoms. The van der Waals surface area contributed by atoms with Gasteiger partial charge < -0.3 is 14.8 Å². The van der Waals surface area contributed by atoms with Gasteiger partial charge in [0, 0.05) is 0 Å². The van der Waals surface area contributed by atoms with Crippen LogP contribution in [0.25, 0.3) is 0 Å². The van der Waals surface area contributed by atoms with E-state index in [2.05, 4.69) is 21.0 Å². The van der Waals surface area contributed by atoms with Gasteiger partial charge in [0.05, 0.1) is 26.6 Å². The molecule has 0 aromatic heterocycles. The van der Waals surface area contributed by atoms with Crippen molar-refractivity contribution in [1.82, 2.24) is 0 Å².